The Balaban J connectivity index is 2.45. The van der Waals surface area contributed by atoms with E-state index in [1.165, 1.54) is 11.8 Å². The molecule has 11 heavy (non-hydrogen) atoms. The number of carbonyl (C=O) groups is 1. The summed E-state index contributed by atoms with van der Waals surface area (Å²) in [6, 6.07) is 0. The summed E-state index contributed by atoms with van der Waals surface area (Å²) in [5.41, 5.74) is 0. The monoisotopic (exact) mass is 176 g/mol. The second-order valence-corrected chi connectivity index (χ2v) is 3.37. The van der Waals surface area contributed by atoms with E-state index in [4.69, 9.17) is 0 Å². The predicted molar refractivity (Wildman–Crippen MR) is 40.9 cm³/mol. The molecule has 1 aliphatic rings. The van der Waals surface area contributed by atoms with Crippen molar-refractivity contribution in [2.45, 2.75) is 11.8 Å². The van der Waals surface area contributed by atoms with Gasteiger partial charge in [-0.15, -0.1) is 11.8 Å². The highest BCUT2D eigenvalue weighted by Crippen LogP contribution is 2.14. The number of nitrogens with zero attached hydrogens (tertiary/aromatic N) is 1. The topological polar surface area (TPSA) is 72.2 Å². The lowest BCUT2D eigenvalue weighted by molar-refractivity contribution is -0.402. The molecule has 1 unspecified atom stereocenters. The largest absolute Gasteiger partial charge is 0.471 e. The molecule has 1 amide bonds. The van der Waals surface area contributed by atoms with Gasteiger partial charge in [0.15, 0.2) is 5.37 Å². The van der Waals surface area contributed by atoms with Crippen molar-refractivity contribution in [3.8, 4) is 0 Å². The quantitative estimate of drug-likeness (QED) is 0.444. The van der Waals surface area contributed by atoms with Crippen LogP contribution in [-0.2, 0) is 4.79 Å². The van der Waals surface area contributed by atoms with E-state index < -0.39 is 16.2 Å². The minimum atomic E-state index is -0.935. The summed E-state index contributed by atoms with van der Waals surface area (Å²) in [7, 11) is 0. The summed E-state index contributed by atoms with van der Waals surface area (Å²) < 4.78 is 0. The molecule has 1 rings (SSSR count). The highest BCUT2D eigenvalue weighted by atomic mass is 32.2. The number of hydrogen-bond donors (Lipinski definition) is 1. The molecule has 1 fully saturated rings. The van der Waals surface area contributed by atoms with Crippen molar-refractivity contribution < 1.29 is 9.72 Å². The standard InChI is InChI=1S/C5H8N2O3S/c8-5(7(9)10)4-6-2-1-3-11-4/h4,6H,1-3H2. The van der Waals surface area contributed by atoms with Gasteiger partial charge in [0.2, 0.25) is 0 Å². The van der Waals surface area contributed by atoms with Gasteiger partial charge in [-0.2, -0.15) is 0 Å². The fourth-order valence-corrected chi connectivity index (χ4v) is 1.83. The number of nitro groups is 1. The second kappa shape index (κ2) is 3.68. The van der Waals surface area contributed by atoms with E-state index in [-0.39, 0.29) is 0 Å². The van der Waals surface area contributed by atoms with Crippen LogP contribution in [0.4, 0.5) is 0 Å². The van der Waals surface area contributed by atoms with E-state index in [0.717, 1.165) is 12.2 Å². The number of rotatable bonds is 1. The maximum absolute atomic E-state index is 10.7. The smallest absolute Gasteiger partial charge is 0.293 e. The van der Waals surface area contributed by atoms with Crippen LogP contribution >= 0.6 is 11.8 Å². The van der Waals surface area contributed by atoms with Crippen LogP contribution in [0, 0.1) is 10.1 Å². The molecular weight excluding hydrogens is 168 g/mol. The number of amides is 1. The maximum atomic E-state index is 10.7. The first kappa shape index (κ1) is 8.48. The van der Waals surface area contributed by atoms with Crippen molar-refractivity contribution in [3.63, 3.8) is 0 Å². The Kier molecular flexibility index (Phi) is 2.84. The molecule has 0 saturated carbocycles. The third-order valence-corrected chi connectivity index (χ3v) is 2.57. The van der Waals surface area contributed by atoms with E-state index in [0.29, 0.717) is 6.54 Å². The highest BCUT2D eigenvalue weighted by molar-refractivity contribution is 8.00. The summed E-state index contributed by atoms with van der Waals surface area (Å²) in [6.45, 7) is 0.692. The van der Waals surface area contributed by atoms with Crippen molar-refractivity contribution in [2.75, 3.05) is 12.3 Å². The Morgan fingerprint density at radius 3 is 2.91 bits per heavy atom. The summed E-state index contributed by atoms with van der Waals surface area (Å²) >= 11 is 1.30. The van der Waals surface area contributed by atoms with E-state index >= 15 is 0 Å². The lowest BCUT2D eigenvalue weighted by Gasteiger charge is -2.16. The molecule has 0 radical (unpaired) electrons. The molecule has 1 atom stereocenters. The molecule has 0 spiro atoms. The molecule has 1 N–H and O–H groups in total. The van der Waals surface area contributed by atoms with Crippen molar-refractivity contribution in [2.24, 2.45) is 0 Å². The minimum absolute atomic E-state index is 0.626. The Hall–Kier alpha value is -0.620. The van der Waals surface area contributed by atoms with Gasteiger partial charge < -0.3 is 0 Å². The maximum Gasteiger partial charge on any atom is 0.471 e. The molecular formula is C5H8N2O3S. The first-order chi connectivity index (χ1) is 5.22. The van der Waals surface area contributed by atoms with Crippen LogP contribution in [-0.4, -0.2) is 28.5 Å². The molecule has 6 heteroatoms. The van der Waals surface area contributed by atoms with Crippen molar-refractivity contribution >= 4 is 17.7 Å². The van der Waals surface area contributed by atoms with Crippen LogP contribution in [0.5, 0.6) is 0 Å². The van der Waals surface area contributed by atoms with Gasteiger partial charge in [0.05, 0.1) is 0 Å². The van der Waals surface area contributed by atoms with Gasteiger partial charge in [-0.25, -0.2) is 4.79 Å². The van der Waals surface area contributed by atoms with Crippen LogP contribution in [0.3, 0.4) is 0 Å². The minimum Gasteiger partial charge on any atom is -0.293 e. The number of thioether (sulfide) groups is 1. The normalized spacial score (nSPS) is 24.5. The number of nitrogens with one attached hydrogen (secondary N) is 1. The van der Waals surface area contributed by atoms with Crippen LogP contribution in [0.15, 0.2) is 0 Å². The SMILES string of the molecule is O=C(C1NCCCS1)[N+](=O)[O-]. The molecule has 0 aromatic rings. The molecule has 0 bridgehead atoms. The number of carbonyl (C=O) groups excluding carboxylic acids is 1. The molecule has 0 aromatic heterocycles. The molecule has 0 aliphatic carbocycles. The molecule has 1 heterocycles. The van der Waals surface area contributed by atoms with Gasteiger partial charge >= 0.3 is 5.91 Å². The van der Waals surface area contributed by atoms with E-state index in [1.807, 2.05) is 0 Å². The Morgan fingerprint density at radius 2 is 2.45 bits per heavy atom. The zero-order valence-corrected chi connectivity index (χ0v) is 6.60. The summed E-state index contributed by atoms with van der Waals surface area (Å²) in [5.74, 6) is -0.119. The zero-order valence-electron chi connectivity index (χ0n) is 5.78. The third kappa shape index (κ3) is 2.16. The van der Waals surface area contributed by atoms with Crippen LogP contribution < -0.4 is 5.32 Å². The predicted octanol–water partition coefficient (Wildman–Crippen LogP) is -0.158. The average molecular weight is 176 g/mol. The van der Waals surface area contributed by atoms with Gasteiger partial charge in [0, 0.05) is 0 Å². The summed E-state index contributed by atoms with van der Waals surface area (Å²) in [5, 5.41) is 12.1. The van der Waals surface area contributed by atoms with Crippen LogP contribution in [0.25, 0.3) is 0 Å². The van der Waals surface area contributed by atoms with Crippen molar-refractivity contribution in [1.29, 1.82) is 0 Å². The first-order valence-electron chi connectivity index (χ1n) is 3.25. The van der Waals surface area contributed by atoms with E-state index in [1.54, 1.807) is 0 Å². The highest BCUT2D eigenvalue weighted by Gasteiger charge is 2.30. The van der Waals surface area contributed by atoms with Gasteiger partial charge in [0.1, 0.15) is 4.92 Å². The van der Waals surface area contributed by atoms with Crippen LogP contribution in [0.2, 0.25) is 0 Å². The van der Waals surface area contributed by atoms with E-state index in [2.05, 4.69) is 5.32 Å². The Morgan fingerprint density at radius 1 is 1.73 bits per heavy atom. The molecule has 62 valence electrons. The fourth-order valence-electron chi connectivity index (χ4n) is 0.820. The van der Waals surface area contributed by atoms with E-state index in [9.17, 15) is 14.9 Å². The summed E-state index contributed by atoms with van der Waals surface area (Å²) in [4.78, 5) is 19.9. The molecule has 1 aliphatic heterocycles. The average Bonchev–Trinajstić information content (AvgIpc) is 2.05. The van der Waals surface area contributed by atoms with Gasteiger partial charge in [-0.1, -0.05) is 0 Å². The molecule has 1 saturated heterocycles. The van der Waals surface area contributed by atoms with Gasteiger partial charge in [-0.3, -0.25) is 15.4 Å². The lowest BCUT2D eigenvalue weighted by Crippen LogP contribution is -2.41. The third-order valence-electron chi connectivity index (χ3n) is 1.34. The Bertz CT molecular complexity index is 179. The fraction of sp³-hybridized carbons (Fsp3) is 0.800. The van der Waals surface area contributed by atoms with Crippen molar-refractivity contribution in [1.82, 2.24) is 5.32 Å². The molecule has 0 aromatic carbocycles. The van der Waals surface area contributed by atoms with Crippen LogP contribution in [0.1, 0.15) is 6.42 Å². The molecule has 5 nitrogen and oxygen atoms in total. The van der Waals surface area contributed by atoms with Gasteiger partial charge in [0.25, 0.3) is 0 Å². The Labute approximate surface area is 67.7 Å². The zero-order chi connectivity index (χ0) is 8.27. The lowest BCUT2D eigenvalue weighted by atomic mass is 10.4. The summed E-state index contributed by atoms with van der Waals surface area (Å²) in [6.07, 6.45) is 0.964. The second-order valence-electron chi connectivity index (χ2n) is 2.15. The van der Waals surface area contributed by atoms with Crippen molar-refractivity contribution in [3.05, 3.63) is 10.1 Å². The number of hydrogen-bond acceptors (Lipinski definition) is 5. The first-order valence-corrected chi connectivity index (χ1v) is 4.30. The van der Waals surface area contributed by atoms with Gasteiger partial charge in [-0.05, 0) is 18.7 Å².